The maximum Gasteiger partial charge on any atom is 0.144 e. The first-order valence-electron chi connectivity index (χ1n) is 7.26. The van der Waals surface area contributed by atoms with Crippen LogP contribution in [0.5, 0.6) is 0 Å². The number of carbonyl (C=O) groups excluding carboxylic acids is 1. The fourth-order valence-electron chi connectivity index (χ4n) is 3.14. The SMILES string of the molecule is CCn1nc(C)c(Br)c1CC(=O)C1C(C)OC(C)C1C. The van der Waals surface area contributed by atoms with Gasteiger partial charge in [-0.05, 0) is 49.5 Å². The highest BCUT2D eigenvalue weighted by atomic mass is 79.9. The van der Waals surface area contributed by atoms with Crippen LogP contribution in [0, 0.1) is 18.8 Å². The van der Waals surface area contributed by atoms with Gasteiger partial charge in [0, 0.05) is 18.9 Å². The molecule has 1 aromatic heterocycles. The minimum atomic E-state index is -0.0163. The van der Waals surface area contributed by atoms with Crippen LogP contribution in [0.15, 0.2) is 4.47 Å². The Balaban J connectivity index is 2.20. The number of carbonyl (C=O) groups is 1. The summed E-state index contributed by atoms with van der Waals surface area (Å²) in [7, 11) is 0. The van der Waals surface area contributed by atoms with Crippen molar-refractivity contribution in [2.75, 3.05) is 0 Å². The lowest BCUT2D eigenvalue weighted by atomic mass is 9.84. The molecule has 112 valence electrons. The molecule has 2 heterocycles. The third-order valence-corrected chi connectivity index (χ3v) is 5.44. The van der Waals surface area contributed by atoms with Gasteiger partial charge in [-0.2, -0.15) is 5.10 Å². The van der Waals surface area contributed by atoms with E-state index >= 15 is 0 Å². The highest BCUT2D eigenvalue weighted by Crippen LogP contribution is 2.34. The number of hydrogen-bond donors (Lipinski definition) is 0. The fraction of sp³-hybridized carbons (Fsp3) is 0.733. The minimum absolute atomic E-state index is 0.00497. The molecule has 1 aliphatic rings. The Morgan fingerprint density at radius 3 is 2.50 bits per heavy atom. The molecule has 0 N–H and O–H groups in total. The van der Waals surface area contributed by atoms with E-state index in [1.54, 1.807) is 0 Å². The summed E-state index contributed by atoms with van der Waals surface area (Å²) < 4.78 is 8.65. The highest BCUT2D eigenvalue weighted by Gasteiger charge is 2.41. The fourth-order valence-corrected chi connectivity index (χ4v) is 3.57. The van der Waals surface area contributed by atoms with Crippen molar-refractivity contribution in [2.45, 2.75) is 59.8 Å². The summed E-state index contributed by atoms with van der Waals surface area (Å²) in [6, 6.07) is 0. The molecule has 0 spiro atoms. The second kappa shape index (κ2) is 5.98. The Morgan fingerprint density at radius 2 is 2.00 bits per heavy atom. The van der Waals surface area contributed by atoms with Crippen LogP contribution in [0.2, 0.25) is 0 Å². The third kappa shape index (κ3) is 2.70. The average molecular weight is 343 g/mol. The summed E-state index contributed by atoms with van der Waals surface area (Å²) in [5.74, 6) is 0.512. The maximum absolute atomic E-state index is 12.7. The van der Waals surface area contributed by atoms with E-state index in [9.17, 15) is 4.79 Å². The van der Waals surface area contributed by atoms with Crippen LogP contribution in [-0.2, 0) is 22.5 Å². The van der Waals surface area contributed by atoms with E-state index in [4.69, 9.17) is 4.74 Å². The van der Waals surface area contributed by atoms with Crippen LogP contribution < -0.4 is 0 Å². The number of nitrogens with zero attached hydrogens (tertiary/aromatic N) is 2. The number of Topliss-reactive ketones (excluding diaryl/α,β-unsaturated/α-hetero) is 1. The number of aryl methyl sites for hydroxylation is 2. The predicted octanol–water partition coefficient (Wildman–Crippen LogP) is 3.15. The van der Waals surface area contributed by atoms with E-state index < -0.39 is 0 Å². The van der Waals surface area contributed by atoms with Crippen molar-refractivity contribution in [3.63, 3.8) is 0 Å². The number of aromatic nitrogens is 2. The molecule has 0 aliphatic carbocycles. The molecule has 0 saturated carbocycles. The van der Waals surface area contributed by atoms with Crippen molar-refractivity contribution >= 4 is 21.7 Å². The monoisotopic (exact) mass is 342 g/mol. The van der Waals surface area contributed by atoms with Gasteiger partial charge in [-0.25, -0.2) is 0 Å². The number of hydrogen-bond acceptors (Lipinski definition) is 3. The van der Waals surface area contributed by atoms with Gasteiger partial charge < -0.3 is 4.74 Å². The Labute approximate surface area is 129 Å². The minimum Gasteiger partial charge on any atom is -0.375 e. The maximum atomic E-state index is 12.7. The standard InChI is InChI=1S/C15H23BrN2O2/c1-6-18-12(15(16)9(3)17-18)7-13(19)14-8(2)10(4)20-11(14)5/h8,10-11,14H,6-7H2,1-5H3. The molecule has 1 saturated heterocycles. The largest absolute Gasteiger partial charge is 0.375 e. The van der Waals surface area contributed by atoms with Crippen molar-refractivity contribution in [2.24, 2.45) is 11.8 Å². The molecule has 20 heavy (non-hydrogen) atoms. The van der Waals surface area contributed by atoms with E-state index in [0.29, 0.717) is 6.42 Å². The van der Waals surface area contributed by atoms with Gasteiger partial charge in [0.15, 0.2) is 0 Å². The predicted molar refractivity (Wildman–Crippen MR) is 81.7 cm³/mol. The summed E-state index contributed by atoms with van der Waals surface area (Å²) >= 11 is 3.55. The van der Waals surface area contributed by atoms with Gasteiger partial charge in [0.05, 0.1) is 28.1 Å². The lowest BCUT2D eigenvalue weighted by Crippen LogP contribution is -2.29. The van der Waals surface area contributed by atoms with Gasteiger partial charge in [-0.3, -0.25) is 9.48 Å². The molecular formula is C15H23BrN2O2. The van der Waals surface area contributed by atoms with Gasteiger partial charge in [0.1, 0.15) is 5.78 Å². The lowest BCUT2D eigenvalue weighted by molar-refractivity contribution is -0.124. The smallest absolute Gasteiger partial charge is 0.144 e. The zero-order chi connectivity index (χ0) is 15.0. The molecule has 0 amide bonds. The van der Waals surface area contributed by atoms with Crippen LogP contribution in [0.1, 0.15) is 39.1 Å². The van der Waals surface area contributed by atoms with E-state index in [1.165, 1.54) is 0 Å². The summed E-state index contributed by atoms with van der Waals surface area (Å²) in [5.41, 5.74) is 1.92. The van der Waals surface area contributed by atoms with E-state index in [2.05, 4.69) is 28.0 Å². The molecule has 1 aromatic rings. The number of rotatable bonds is 4. The molecule has 4 nitrogen and oxygen atoms in total. The summed E-state index contributed by atoms with van der Waals surface area (Å²) in [6.45, 7) is 10.9. The summed E-state index contributed by atoms with van der Waals surface area (Å²) in [5, 5.41) is 4.45. The van der Waals surface area contributed by atoms with E-state index in [1.807, 2.05) is 32.4 Å². The van der Waals surface area contributed by atoms with E-state index in [0.717, 1.165) is 22.4 Å². The Bertz CT molecular complexity index is 512. The number of halogens is 1. The molecule has 4 atom stereocenters. The van der Waals surface area contributed by atoms with Gasteiger partial charge in [-0.1, -0.05) is 6.92 Å². The van der Waals surface area contributed by atoms with Crippen LogP contribution >= 0.6 is 15.9 Å². The zero-order valence-electron chi connectivity index (χ0n) is 12.8. The molecule has 1 aliphatic heterocycles. The Morgan fingerprint density at radius 1 is 1.35 bits per heavy atom. The molecule has 0 radical (unpaired) electrons. The van der Waals surface area contributed by atoms with Crippen molar-refractivity contribution < 1.29 is 9.53 Å². The zero-order valence-corrected chi connectivity index (χ0v) is 14.4. The molecule has 2 rings (SSSR count). The quantitative estimate of drug-likeness (QED) is 0.844. The van der Waals surface area contributed by atoms with Crippen molar-refractivity contribution in [3.8, 4) is 0 Å². The van der Waals surface area contributed by atoms with E-state index in [-0.39, 0.29) is 29.8 Å². The normalized spacial score (nSPS) is 29.9. The van der Waals surface area contributed by atoms with Crippen molar-refractivity contribution in [1.29, 1.82) is 0 Å². The van der Waals surface area contributed by atoms with Crippen LogP contribution in [-0.4, -0.2) is 27.8 Å². The lowest BCUT2D eigenvalue weighted by Gasteiger charge is -2.17. The van der Waals surface area contributed by atoms with Gasteiger partial charge >= 0.3 is 0 Å². The molecule has 4 unspecified atom stereocenters. The molecular weight excluding hydrogens is 320 g/mol. The van der Waals surface area contributed by atoms with Gasteiger partial charge in [-0.15, -0.1) is 0 Å². The van der Waals surface area contributed by atoms with Crippen molar-refractivity contribution in [3.05, 3.63) is 15.9 Å². The van der Waals surface area contributed by atoms with Gasteiger partial charge in [0.2, 0.25) is 0 Å². The van der Waals surface area contributed by atoms with Crippen LogP contribution in [0.4, 0.5) is 0 Å². The molecule has 0 aromatic carbocycles. The summed E-state index contributed by atoms with van der Waals surface area (Å²) in [6.07, 6.45) is 0.579. The Kier molecular flexibility index (Phi) is 4.69. The molecule has 1 fully saturated rings. The number of ketones is 1. The third-order valence-electron chi connectivity index (χ3n) is 4.41. The topological polar surface area (TPSA) is 44.1 Å². The highest BCUT2D eigenvalue weighted by molar-refractivity contribution is 9.10. The first-order chi connectivity index (χ1) is 9.36. The second-order valence-corrected chi connectivity index (χ2v) is 6.53. The summed E-state index contributed by atoms with van der Waals surface area (Å²) in [4.78, 5) is 12.7. The first-order valence-corrected chi connectivity index (χ1v) is 8.06. The molecule has 5 heteroatoms. The first kappa shape index (κ1) is 15.7. The van der Waals surface area contributed by atoms with Crippen LogP contribution in [0.25, 0.3) is 0 Å². The number of ether oxygens (including phenoxy) is 1. The van der Waals surface area contributed by atoms with Gasteiger partial charge in [0.25, 0.3) is 0 Å². The van der Waals surface area contributed by atoms with Crippen LogP contribution in [0.3, 0.4) is 0 Å². The average Bonchev–Trinajstić information content (AvgIpc) is 2.80. The Hall–Kier alpha value is -0.680. The second-order valence-electron chi connectivity index (χ2n) is 5.74. The van der Waals surface area contributed by atoms with Crippen molar-refractivity contribution in [1.82, 2.24) is 9.78 Å². The molecule has 0 bridgehead atoms.